The molecule has 3 nitrogen and oxygen atoms in total. The van der Waals surface area contributed by atoms with Crippen molar-refractivity contribution in [2.45, 2.75) is 30.3 Å². The molecule has 82 valence electrons. The molecule has 1 aliphatic rings. The van der Waals surface area contributed by atoms with Crippen molar-refractivity contribution in [2.24, 2.45) is 0 Å². The van der Waals surface area contributed by atoms with Crippen molar-refractivity contribution >= 4 is 9.84 Å². The molecule has 0 amide bonds. The second kappa shape index (κ2) is 3.61. The molecule has 4 heteroatoms. The van der Waals surface area contributed by atoms with Crippen molar-refractivity contribution in [3.05, 3.63) is 29.3 Å². The molecule has 0 fully saturated rings. The Labute approximate surface area is 89.7 Å². The Morgan fingerprint density at radius 3 is 2.80 bits per heavy atom. The molecule has 1 aliphatic carbocycles. The molecule has 2 rings (SSSR count). The van der Waals surface area contributed by atoms with Gasteiger partial charge in [-0.15, -0.1) is 0 Å². The molecule has 1 aromatic carbocycles. The van der Waals surface area contributed by atoms with Gasteiger partial charge in [-0.25, -0.2) is 8.42 Å². The SMILES string of the molecule is CS(=O)(=O)c1ccc2c(c1)CCCC2O. The zero-order valence-electron chi connectivity index (χ0n) is 8.60. The molecule has 0 spiro atoms. The fraction of sp³-hybridized carbons (Fsp3) is 0.455. The van der Waals surface area contributed by atoms with Crippen LogP contribution in [-0.2, 0) is 16.3 Å². The highest BCUT2D eigenvalue weighted by Crippen LogP contribution is 2.30. The van der Waals surface area contributed by atoms with Crippen LogP contribution in [0.4, 0.5) is 0 Å². The summed E-state index contributed by atoms with van der Waals surface area (Å²) < 4.78 is 22.7. The van der Waals surface area contributed by atoms with Crippen molar-refractivity contribution in [1.29, 1.82) is 0 Å². The van der Waals surface area contributed by atoms with Crippen LogP contribution >= 0.6 is 0 Å². The van der Waals surface area contributed by atoms with E-state index in [4.69, 9.17) is 0 Å². The van der Waals surface area contributed by atoms with Gasteiger partial charge in [-0.2, -0.15) is 0 Å². The first-order valence-corrected chi connectivity index (χ1v) is 6.88. The van der Waals surface area contributed by atoms with E-state index in [-0.39, 0.29) is 0 Å². The van der Waals surface area contributed by atoms with Crippen LogP contribution in [0.2, 0.25) is 0 Å². The summed E-state index contributed by atoms with van der Waals surface area (Å²) in [6.07, 6.45) is 3.32. The average molecular weight is 226 g/mol. The van der Waals surface area contributed by atoms with Gasteiger partial charge in [0.2, 0.25) is 0 Å². The minimum absolute atomic E-state index is 0.343. The fourth-order valence-electron chi connectivity index (χ4n) is 2.00. The number of benzene rings is 1. The smallest absolute Gasteiger partial charge is 0.175 e. The molecule has 1 unspecified atom stereocenters. The van der Waals surface area contributed by atoms with Crippen molar-refractivity contribution in [3.8, 4) is 0 Å². The van der Waals surface area contributed by atoms with Crippen LogP contribution in [0.15, 0.2) is 23.1 Å². The molecule has 1 N–H and O–H groups in total. The predicted molar refractivity (Wildman–Crippen MR) is 57.4 cm³/mol. The predicted octanol–water partition coefficient (Wildman–Crippen LogP) is 1.46. The Balaban J connectivity index is 2.51. The summed E-state index contributed by atoms with van der Waals surface area (Å²) in [7, 11) is -3.14. The lowest BCUT2D eigenvalue weighted by atomic mass is 9.90. The van der Waals surface area contributed by atoms with E-state index in [0.717, 1.165) is 30.4 Å². The van der Waals surface area contributed by atoms with E-state index in [0.29, 0.717) is 4.90 Å². The second-order valence-corrected chi connectivity index (χ2v) is 6.06. The first-order valence-electron chi connectivity index (χ1n) is 4.99. The van der Waals surface area contributed by atoms with E-state index in [1.54, 1.807) is 18.2 Å². The summed E-state index contributed by atoms with van der Waals surface area (Å²) in [4.78, 5) is 0.343. The minimum Gasteiger partial charge on any atom is -0.388 e. The van der Waals surface area contributed by atoms with Crippen molar-refractivity contribution in [3.63, 3.8) is 0 Å². The van der Waals surface area contributed by atoms with Crippen LogP contribution in [0.3, 0.4) is 0 Å². The number of aliphatic hydroxyl groups excluding tert-OH is 1. The van der Waals surface area contributed by atoms with Gasteiger partial charge in [-0.3, -0.25) is 0 Å². The molecular weight excluding hydrogens is 212 g/mol. The highest BCUT2D eigenvalue weighted by molar-refractivity contribution is 7.90. The van der Waals surface area contributed by atoms with Crippen LogP contribution < -0.4 is 0 Å². The van der Waals surface area contributed by atoms with Crippen LogP contribution in [0, 0.1) is 0 Å². The van der Waals surface area contributed by atoms with Gasteiger partial charge >= 0.3 is 0 Å². The topological polar surface area (TPSA) is 54.4 Å². The molecule has 0 saturated carbocycles. The van der Waals surface area contributed by atoms with E-state index in [1.165, 1.54) is 6.26 Å². The van der Waals surface area contributed by atoms with E-state index < -0.39 is 15.9 Å². The molecule has 0 radical (unpaired) electrons. The molecular formula is C11H14O3S. The van der Waals surface area contributed by atoms with Gasteiger partial charge < -0.3 is 5.11 Å². The van der Waals surface area contributed by atoms with Gasteiger partial charge in [0.05, 0.1) is 11.0 Å². The number of aryl methyl sites for hydroxylation is 1. The zero-order valence-corrected chi connectivity index (χ0v) is 9.42. The molecule has 1 atom stereocenters. The van der Waals surface area contributed by atoms with E-state index in [9.17, 15) is 13.5 Å². The molecule has 0 aromatic heterocycles. The highest BCUT2D eigenvalue weighted by Gasteiger charge is 2.19. The van der Waals surface area contributed by atoms with E-state index >= 15 is 0 Å². The lowest BCUT2D eigenvalue weighted by Gasteiger charge is -2.21. The Bertz CT molecular complexity index is 477. The maximum Gasteiger partial charge on any atom is 0.175 e. The van der Waals surface area contributed by atoms with Gasteiger partial charge in [-0.1, -0.05) is 6.07 Å². The quantitative estimate of drug-likeness (QED) is 0.788. The Morgan fingerprint density at radius 1 is 1.40 bits per heavy atom. The number of aliphatic hydroxyl groups is 1. The third-order valence-electron chi connectivity index (χ3n) is 2.83. The van der Waals surface area contributed by atoms with Crippen LogP contribution in [0.25, 0.3) is 0 Å². The van der Waals surface area contributed by atoms with Crippen LogP contribution in [-0.4, -0.2) is 19.8 Å². The summed E-state index contributed by atoms with van der Waals surface area (Å²) >= 11 is 0. The summed E-state index contributed by atoms with van der Waals surface area (Å²) in [5.41, 5.74) is 1.85. The lowest BCUT2D eigenvalue weighted by Crippen LogP contribution is -2.10. The Hall–Kier alpha value is -0.870. The monoisotopic (exact) mass is 226 g/mol. The van der Waals surface area contributed by atoms with Gasteiger partial charge in [0.25, 0.3) is 0 Å². The highest BCUT2D eigenvalue weighted by atomic mass is 32.2. The first kappa shape index (κ1) is 10.6. The van der Waals surface area contributed by atoms with Crippen molar-refractivity contribution in [2.75, 3.05) is 6.26 Å². The van der Waals surface area contributed by atoms with Crippen molar-refractivity contribution < 1.29 is 13.5 Å². The van der Waals surface area contributed by atoms with E-state index in [2.05, 4.69) is 0 Å². The fourth-order valence-corrected chi connectivity index (χ4v) is 2.67. The summed E-state index contributed by atoms with van der Waals surface area (Å²) in [5, 5.41) is 9.71. The largest absolute Gasteiger partial charge is 0.388 e. The third kappa shape index (κ3) is 2.06. The summed E-state index contributed by atoms with van der Waals surface area (Å²) in [6.45, 7) is 0. The molecule has 0 bridgehead atoms. The molecule has 0 aliphatic heterocycles. The minimum atomic E-state index is -3.14. The third-order valence-corrected chi connectivity index (χ3v) is 3.94. The number of rotatable bonds is 1. The first-order chi connectivity index (χ1) is 6.98. The summed E-state index contributed by atoms with van der Waals surface area (Å²) in [6, 6.07) is 4.99. The second-order valence-electron chi connectivity index (χ2n) is 4.04. The zero-order chi connectivity index (χ0) is 11.1. The van der Waals surface area contributed by atoms with Crippen LogP contribution in [0.5, 0.6) is 0 Å². The molecule has 15 heavy (non-hydrogen) atoms. The van der Waals surface area contributed by atoms with Gasteiger partial charge in [-0.05, 0) is 42.5 Å². The standard InChI is InChI=1S/C11H14O3S/c1-15(13,14)9-5-6-10-8(7-9)3-2-4-11(10)12/h5-7,11-12H,2-4H2,1H3. The number of hydrogen-bond donors (Lipinski definition) is 1. The lowest BCUT2D eigenvalue weighted by molar-refractivity contribution is 0.156. The molecule has 0 heterocycles. The maximum atomic E-state index is 11.3. The average Bonchev–Trinajstić information content (AvgIpc) is 2.16. The van der Waals surface area contributed by atoms with Gasteiger partial charge in [0, 0.05) is 6.26 Å². The van der Waals surface area contributed by atoms with Gasteiger partial charge in [0.15, 0.2) is 9.84 Å². The van der Waals surface area contributed by atoms with Crippen LogP contribution in [0.1, 0.15) is 30.1 Å². The molecule has 1 aromatic rings. The van der Waals surface area contributed by atoms with Gasteiger partial charge in [0.1, 0.15) is 0 Å². The van der Waals surface area contributed by atoms with Crippen molar-refractivity contribution in [1.82, 2.24) is 0 Å². The number of fused-ring (bicyclic) bond motifs is 1. The maximum absolute atomic E-state index is 11.3. The normalized spacial score (nSPS) is 21.1. The number of hydrogen-bond acceptors (Lipinski definition) is 3. The summed E-state index contributed by atoms with van der Waals surface area (Å²) in [5.74, 6) is 0. The van der Waals surface area contributed by atoms with E-state index in [1.807, 2.05) is 0 Å². The molecule has 0 saturated heterocycles. The Morgan fingerprint density at radius 2 is 2.13 bits per heavy atom. The Kier molecular flexibility index (Phi) is 2.56. The number of sulfone groups is 1.